The molecule has 0 aliphatic carbocycles. The molecule has 0 aliphatic heterocycles. The topological polar surface area (TPSA) is 44.1 Å². The molecule has 0 fully saturated rings. The fraction of sp³-hybridized carbons (Fsp3) is 0.333. The summed E-state index contributed by atoms with van der Waals surface area (Å²) in [5.74, 6) is -0.347. The molecule has 2 rings (SSSR count). The van der Waals surface area contributed by atoms with Gasteiger partial charge in [-0.05, 0) is 26.0 Å². The first-order valence-electron chi connectivity index (χ1n) is 5.34. The molecule has 2 aromatic heterocycles. The van der Waals surface area contributed by atoms with E-state index in [4.69, 9.17) is 16.3 Å². The predicted octanol–water partition coefficient (Wildman–Crippen LogP) is 2.71. The maximum absolute atomic E-state index is 11.7. The van der Waals surface area contributed by atoms with Gasteiger partial charge in [-0.1, -0.05) is 11.6 Å². The third kappa shape index (κ3) is 2.00. The number of esters is 1. The zero-order valence-electron chi connectivity index (χ0n) is 9.95. The van der Waals surface area contributed by atoms with Crippen molar-refractivity contribution in [2.45, 2.75) is 13.8 Å². The number of nitrogens with zero attached hydrogens (tertiary/aromatic N) is 2. The molecule has 0 bridgehead atoms. The Morgan fingerprint density at radius 1 is 1.53 bits per heavy atom. The van der Waals surface area contributed by atoms with Gasteiger partial charge in [-0.15, -0.1) is 0 Å². The van der Waals surface area contributed by atoms with Gasteiger partial charge in [0.25, 0.3) is 0 Å². The molecule has 0 spiro atoms. The van der Waals surface area contributed by atoms with E-state index in [1.165, 1.54) is 0 Å². The molecule has 0 radical (unpaired) electrons. The quantitative estimate of drug-likeness (QED) is 0.610. The summed E-state index contributed by atoms with van der Waals surface area (Å²) < 4.78 is 6.76. The summed E-state index contributed by atoms with van der Waals surface area (Å²) in [6, 6.07) is 3.60. The normalized spacial score (nSPS) is 10.8. The third-order valence-electron chi connectivity index (χ3n) is 2.61. The standard InChI is InChI=1S/C12H13ClN2O2/c1-4-17-12(16)10-6-8-9(15(10)3)5-7(2)14-11(8)13/h5-6H,4H2,1-3H3. The second kappa shape index (κ2) is 4.37. The highest BCUT2D eigenvalue weighted by Crippen LogP contribution is 2.26. The molecule has 0 N–H and O–H groups in total. The number of pyridine rings is 1. The van der Waals surface area contributed by atoms with E-state index in [1.54, 1.807) is 17.6 Å². The number of aryl methyl sites for hydroxylation is 2. The van der Waals surface area contributed by atoms with Crippen LogP contribution < -0.4 is 0 Å². The molecule has 0 unspecified atom stereocenters. The molecule has 90 valence electrons. The lowest BCUT2D eigenvalue weighted by atomic mass is 10.3. The van der Waals surface area contributed by atoms with Crippen LogP contribution in [0.15, 0.2) is 12.1 Å². The molecule has 0 amide bonds. The smallest absolute Gasteiger partial charge is 0.354 e. The Balaban J connectivity index is 2.64. The van der Waals surface area contributed by atoms with Crippen LogP contribution in [-0.2, 0) is 11.8 Å². The maximum atomic E-state index is 11.7. The van der Waals surface area contributed by atoms with Crippen LogP contribution in [0.4, 0.5) is 0 Å². The monoisotopic (exact) mass is 252 g/mol. The molecule has 2 aromatic rings. The average molecular weight is 253 g/mol. The molecular formula is C12H13ClN2O2. The Labute approximate surface area is 104 Å². The molecule has 4 nitrogen and oxygen atoms in total. The molecule has 2 heterocycles. The van der Waals surface area contributed by atoms with E-state index in [1.807, 2.05) is 20.0 Å². The number of hydrogen-bond donors (Lipinski definition) is 0. The summed E-state index contributed by atoms with van der Waals surface area (Å²) in [4.78, 5) is 15.9. The van der Waals surface area contributed by atoms with Crippen LogP contribution >= 0.6 is 11.6 Å². The largest absolute Gasteiger partial charge is 0.461 e. The van der Waals surface area contributed by atoms with Crippen molar-refractivity contribution in [3.63, 3.8) is 0 Å². The Bertz CT molecular complexity index is 590. The Morgan fingerprint density at radius 2 is 2.24 bits per heavy atom. The molecule has 17 heavy (non-hydrogen) atoms. The number of carbonyl (C=O) groups is 1. The molecule has 0 saturated carbocycles. The first-order valence-corrected chi connectivity index (χ1v) is 5.72. The number of aromatic nitrogens is 2. The zero-order chi connectivity index (χ0) is 12.6. The van der Waals surface area contributed by atoms with Crippen molar-refractivity contribution in [2.24, 2.45) is 7.05 Å². The number of rotatable bonds is 2. The minimum absolute atomic E-state index is 0.347. The maximum Gasteiger partial charge on any atom is 0.354 e. The van der Waals surface area contributed by atoms with Crippen molar-refractivity contribution in [2.75, 3.05) is 6.61 Å². The van der Waals surface area contributed by atoms with Crippen molar-refractivity contribution in [1.82, 2.24) is 9.55 Å². The fourth-order valence-electron chi connectivity index (χ4n) is 1.80. The average Bonchev–Trinajstić information content (AvgIpc) is 2.57. The van der Waals surface area contributed by atoms with E-state index in [0.717, 1.165) is 16.6 Å². The van der Waals surface area contributed by atoms with Gasteiger partial charge >= 0.3 is 5.97 Å². The Morgan fingerprint density at radius 3 is 2.88 bits per heavy atom. The second-order valence-corrected chi connectivity index (χ2v) is 4.15. The Hall–Kier alpha value is -1.55. The highest BCUT2D eigenvalue weighted by atomic mass is 35.5. The molecule has 0 aliphatic rings. The molecule has 0 atom stereocenters. The first-order chi connectivity index (χ1) is 8.04. The first kappa shape index (κ1) is 11.9. The van der Waals surface area contributed by atoms with Gasteiger partial charge in [0, 0.05) is 18.1 Å². The van der Waals surface area contributed by atoms with Crippen LogP contribution in [0.25, 0.3) is 10.9 Å². The van der Waals surface area contributed by atoms with Crippen LogP contribution in [0.5, 0.6) is 0 Å². The number of fused-ring (bicyclic) bond motifs is 1. The van der Waals surface area contributed by atoms with Gasteiger partial charge in [-0.2, -0.15) is 0 Å². The van der Waals surface area contributed by atoms with Gasteiger partial charge in [0.2, 0.25) is 0 Å². The van der Waals surface area contributed by atoms with E-state index in [0.29, 0.717) is 17.5 Å². The van der Waals surface area contributed by atoms with Crippen molar-refractivity contribution < 1.29 is 9.53 Å². The van der Waals surface area contributed by atoms with Crippen LogP contribution in [-0.4, -0.2) is 22.1 Å². The SMILES string of the molecule is CCOC(=O)c1cc2c(Cl)nc(C)cc2n1C. The fourth-order valence-corrected chi connectivity index (χ4v) is 2.09. The van der Waals surface area contributed by atoms with Crippen LogP contribution in [0, 0.1) is 6.92 Å². The van der Waals surface area contributed by atoms with E-state index >= 15 is 0 Å². The van der Waals surface area contributed by atoms with Gasteiger partial charge in [0.15, 0.2) is 0 Å². The summed E-state index contributed by atoms with van der Waals surface area (Å²) in [6.07, 6.45) is 0. The van der Waals surface area contributed by atoms with Crippen molar-refractivity contribution in [3.05, 3.63) is 28.7 Å². The second-order valence-electron chi connectivity index (χ2n) is 3.80. The van der Waals surface area contributed by atoms with Crippen molar-refractivity contribution in [1.29, 1.82) is 0 Å². The van der Waals surface area contributed by atoms with Gasteiger partial charge in [-0.25, -0.2) is 9.78 Å². The van der Waals surface area contributed by atoms with E-state index in [9.17, 15) is 4.79 Å². The summed E-state index contributed by atoms with van der Waals surface area (Å²) >= 11 is 6.05. The van der Waals surface area contributed by atoms with Crippen molar-refractivity contribution in [3.8, 4) is 0 Å². The lowest BCUT2D eigenvalue weighted by Crippen LogP contribution is -2.09. The van der Waals surface area contributed by atoms with E-state index < -0.39 is 0 Å². The minimum Gasteiger partial charge on any atom is -0.461 e. The molecule has 0 aromatic carbocycles. The van der Waals surface area contributed by atoms with Gasteiger partial charge in [0.1, 0.15) is 10.8 Å². The van der Waals surface area contributed by atoms with E-state index in [-0.39, 0.29) is 5.97 Å². The number of halogens is 1. The summed E-state index contributed by atoms with van der Waals surface area (Å²) in [6.45, 7) is 3.99. The van der Waals surface area contributed by atoms with Crippen LogP contribution in [0.1, 0.15) is 23.1 Å². The number of ether oxygens (including phenoxy) is 1. The minimum atomic E-state index is -0.347. The highest BCUT2D eigenvalue weighted by molar-refractivity contribution is 6.34. The van der Waals surface area contributed by atoms with Gasteiger partial charge < -0.3 is 9.30 Å². The summed E-state index contributed by atoms with van der Waals surface area (Å²) in [7, 11) is 1.81. The lowest BCUT2D eigenvalue weighted by molar-refractivity contribution is 0.0516. The molecule has 5 heteroatoms. The zero-order valence-corrected chi connectivity index (χ0v) is 10.7. The number of carbonyl (C=O) groups excluding carboxylic acids is 1. The molecule has 0 saturated heterocycles. The van der Waals surface area contributed by atoms with Crippen LogP contribution in [0.2, 0.25) is 5.15 Å². The lowest BCUT2D eigenvalue weighted by Gasteiger charge is -2.03. The highest BCUT2D eigenvalue weighted by Gasteiger charge is 2.16. The Kier molecular flexibility index (Phi) is 3.07. The van der Waals surface area contributed by atoms with Crippen molar-refractivity contribution >= 4 is 28.5 Å². The summed E-state index contributed by atoms with van der Waals surface area (Å²) in [5, 5.41) is 1.17. The third-order valence-corrected chi connectivity index (χ3v) is 2.89. The summed E-state index contributed by atoms with van der Waals surface area (Å²) in [5.41, 5.74) is 2.18. The predicted molar refractivity (Wildman–Crippen MR) is 66.4 cm³/mol. The van der Waals surface area contributed by atoms with Crippen LogP contribution in [0.3, 0.4) is 0 Å². The van der Waals surface area contributed by atoms with Gasteiger partial charge in [-0.3, -0.25) is 0 Å². The number of hydrogen-bond acceptors (Lipinski definition) is 3. The van der Waals surface area contributed by atoms with E-state index in [2.05, 4.69) is 4.98 Å². The van der Waals surface area contributed by atoms with Gasteiger partial charge in [0.05, 0.1) is 12.1 Å². The molecular weight excluding hydrogens is 240 g/mol.